The van der Waals surface area contributed by atoms with Crippen LogP contribution in [-0.4, -0.2) is 57.2 Å². The third-order valence-corrected chi connectivity index (χ3v) is 9.73. The first-order valence-corrected chi connectivity index (χ1v) is 17.7. The van der Waals surface area contributed by atoms with Gasteiger partial charge >= 0.3 is 11.4 Å². The molecule has 2 aromatic heterocycles. The normalized spacial score (nSPS) is 16.5. The van der Waals surface area contributed by atoms with Crippen LogP contribution in [0.25, 0.3) is 5.69 Å². The number of ether oxygens (including phenoxy) is 4. The summed E-state index contributed by atoms with van der Waals surface area (Å²) in [6, 6.07) is 31.5. The van der Waals surface area contributed by atoms with Crippen molar-refractivity contribution < 1.29 is 24.1 Å². The highest BCUT2D eigenvalue weighted by Gasteiger charge is 2.42. The van der Waals surface area contributed by atoms with Gasteiger partial charge in [0.2, 0.25) is 0 Å². The molecule has 0 bridgehead atoms. The molecular weight excluding hydrogens is 716 g/mol. The molecule has 0 saturated carbocycles. The Morgan fingerprint density at radius 1 is 0.750 bits per heavy atom. The number of rotatable bonds is 10. The Morgan fingerprint density at radius 3 is 1.95 bits per heavy atom. The van der Waals surface area contributed by atoms with E-state index in [1.807, 2.05) is 78.9 Å². The van der Waals surface area contributed by atoms with Crippen LogP contribution in [0.2, 0.25) is 0 Å². The third-order valence-electron chi connectivity index (χ3n) is 9.73. The SMILES string of the molecule is COc1ccc(C(OC[C@H]2O[C@@H](n3cc(C#Cc4ccc(-n5cc(C)c(=O)[nH]c5=O)cc4)c(=O)[nH]c3=O)C[C@@H]2O)(c2ccccc2)c2ccc(OC)cc2)cc1. The summed E-state index contributed by atoms with van der Waals surface area (Å²) >= 11 is 0. The predicted molar refractivity (Wildman–Crippen MR) is 207 cm³/mol. The highest BCUT2D eigenvalue weighted by Crippen LogP contribution is 2.42. The van der Waals surface area contributed by atoms with E-state index >= 15 is 0 Å². The number of aryl methyl sites for hydroxylation is 1. The van der Waals surface area contributed by atoms with E-state index in [4.69, 9.17) is 18.9 Å². The number of methoxy groups -OCH3 is 2. The number of aliphatic hydroxyl groups excluding tert-OH is 1. The topological polar surface area (TPSA) is 167 Å². The van der Waals surface area contributed by atoms with Crippen molar-refractivity contribution in [3.8, 4) is 29.0 Å². The molecule has 0 radical (unpaired) electrons. The van der Waals surface area contributed by atoms with Gasteiger partial charge in [0, 0.05) is 29.9 Å². The molecule has 13 heteroatoms. The largest absolute Gasteiger partial charge is 0.497 e. The van der Waals surface area contributed by atoms with Crippen LogP contribution in [0.5, 0.6) is 11.5 Å². The van der Waals surface area contributed by atoms with Gasteiger partial charge in [-0.25, -0.2) is 9.59 Å². The number of nitrogens with one attached hydrogen (secondary N) is 2. The summed E-state index contributed by atoms with van der Waals surface area (Å²) in [6.07, 6.45) is -0.00741. The minimum absolute atomic E-state index is 0.000973. The number of benzene rings is 4. The lowest BCUT2D eigenvalue weighted by atomic mass is 9.80. The number of aromatic amines is 2. The number of aromatic nitrogens is 4. The van der Waals surface area contributed by atoms with Crippen LogP contribution >= 0.6 is 0 Å². The fourth-order valence-electron chi connectivity index (χ4n) is 6.71. The standard InChI is InChI=1S/C43H38N4O9/c1-27-24-46(41(51)44-39(27)49)33-17-10-28(11-18-33)9-12-29-25-47(42(52)45-40(29)50)38-23-36(48)37(56-38)26-55-43(30-7-5-4-6-8-30,31-13-19-34(53-2)20-14-31)32-15-21-35(54-3)22-16-32/h4-8,10-11,13-22,24-25,36-38,48H,23,26H2,1-3H3,(H,44,49,51)(H,45,50,52)/t36-,37+,38+/m0/s1. The number of nitrogens with zero attached hydrogens (tertiary/aromatic N) is 2. The molecule has 56 heavy (non-hydrogen) atoms. The van der Waals surface area contributed by atoms with Gasteiger partial charge in [0.1, 0.15) is 35.0 Å². The number of H-pyrrole nitrogens is 2. The van der Waals surface area contributed by atoms with Crippen LogP contribution in [0.15, 0.2) is 135 Å². The second kappa shape index (κ2) is 15.9. The van der Waals surface area contributed by atoms with Crippen molar-refractivity contribution in [1.29, 1.82) is 0 Å². The maximum atomic E-state index is 13.1. The van der Waals surface area contributed by atoms with Crippen molar-refractivity contribution >= 4 is 0 Å². The Morgan fingerprint density at radius 2 is 1.34 bits per heavy atom. The van der Waals surface area contributed by atoms with Gasteiger partial charge < -0.3 is 24.1 Å². The van der Waals surface area contributed by atoms with Crippen molar-refractivity contribution in [3.05, 3.63) is 191 Å². The Balaban J connectivity index is 1.15. The third kappa shape index (κ3) is 7.49. The van der Waals surface area contributed by atoms with Crippen LogP contribution in [-0.2, 0) is 15.1 Å². The summed E-state index contributed by atoms with van der Waals surface area (Å²) in [5.41, 5.74) is 0.243. The van der Waals surface area contributed by atoms with Crippen molar-refractivity contribution in [1.82, 2.24) is 19.1 Å². The molecule has 3 atom stereocenters. The number of hydrogen-bond acceptors (Lipinski definition) is 9. The first-order valence-electron chi connectivity index (χ1n) is 17.7. The van der Waals surface area contributed by atoms with Crippen LogP contribution in [0.3, 0.4) is 0 Å². The fraction of sp³-hybridized carbons (Fsp3) is 0.209. The summed E-state index contributed by atoms with van der Waals surface area (Å²) in [7, 11) is 3.20. The van der Waals surface area contributed by atoms with Crippen molar-refractivity contribution in [2.75, 3.05) is 20.8 Å². The molecule has 1 fully saturated rings. The molecule has 1 aliphatic heterocycles. The Labute approximate surface area is 320 Å². The summed E-state index contributed by atoms with van der Waals surface area (Å²) in [6.45, 7) is 1.53. The Hall–Kier alpha value is -6.72. The van der Waals surface area contributed by atoms with E-state index in [9.17, 15) is 24.3 Å². The zero-order chi connectivity index (χ0) is 39.4. The second-order valence-electron chi connectivity index (χ2n) is 13.2. The molecule has 1 saturated heterocycles. The maximum absolute atomic E-state index is 13.1. The van der Waals surface area contributed by atoms with Gasteiger partial charge in [0.15, 0.2) is 0 Å². The highest BCUT2D eigenvalue weighted by atomic mass is 16.6. The summed E-state index contributed by atoms with van der Waals surface area (Å²) in [5.74, 6) is 7.07. The van der Waals surface area contributed by atoms with Crippen molar-refractivity contribution in [2.45, 2.75) is 37.4 Å². The van der Waals surface area contributed by atoms with Crippen molar-refractivity contribution in [2.24, 2.45) is 0 Å². The van der Waals surface area contributed by atoms with Crippen LogP contribution in [0.4, 0.5) is 0 Å². The molecule has 7 rings (SSSR count). The molecule has 284 valence electrons. The summed E-state index contributed by atoms with van der Waals surface area (Å²) in [4.78, 5) is 54.6. The molecule has 0 unspecified atom stereocenters. The molecule has 13 nitrogen and oxygen atoms in total. The van der Waals surface area contributed by atoms with E-state index in [-0.39, 0.29) is 18.6 Å². The van der Waals surface area contributed by atoms with Crippen LogP contribution in [0, 0.1) is 18.8 Å². The first kappa shape index (κ1) is 37.6. The van der Waals surface area contributed by atoms with Gasteiger partial charge in [-0.3, -0.25) is 28.7 Å². The smallest absolute Gasteiger partial charge is 0.332 e. The summed E-state index contributed by atoms with van der Waals surface area (Å²) in [5, 5.41) is 11.3. The number of hydrogen-bond donors (Lipinski definition) is 3. The zero-order valence-corrected chi connectivity index (χ0v) is 30.7. The number of aliphatic hydroxyl groups is 1. The van der Waals surface area contributed by atoms with Crippen molar-refractivity contribution in [3.63, 3.8) is 0 Å². The Kier molecular flexibility index (Phi) is 10.7. The Bertz CT molecular complexity index is 2590. The molecular formula is C43H38N4O9. The van der Waals surface area contributed by atoms with Gasteiger partial charge in [-0.2, -0.15) is 0 Å². The average Bonchev–Trinajstić information content (AvgIpc) is 3.59. The first-order chi connectivity index (χ1) is 27.1. The summed E-state index contributed by atoms with van der Waals surface area (Å²) < 4.78 is 26.6. The molecule has 0 aliphatic carbocycles. The van der Waals surface area contributed by atoms with Gasteiger partial charge in [-0.05, 0) is 72.1 Å². The fourth-order valence-corrected chi connectivity index (χ4v) is 6.71. The van der Waals surface area contributed by atoms with Crippen LogP contribution in [0.1, 0.15) is 46.0 Å². The maximum Gasteiger partial charge on any atom is 0.332 e. The van der Waals surface area contributed by atoms with E-state index < -0.39 is 46.5 Å². The van der Waals surface area contributed by atoms with E-state index in [1.165, 1.54) is 21.5 Å². The van der Waals surface area contributed by atoms with Gasteiger partial charge in [-0.1, -0.05) is 66.4 Å². The molecule has 0 amide bonds. The predicted octanol–water partition coefficient (Wildman–Crippen LogP) is 3.76. The molecule has 6 aromatic rings. The monoisotopic (exact) mass is 754 g/mol. The van der Waals surface area contributed by atoms with E-state index in [0.717, 1.165) is 16.7 Å². The zero-order valence-electron chi connectivity index (χ0n) is 30.7. The molecule has 3 N–H and O–H groups in total. The van der Waals surface area contributed by atoms with Gasteiger partial charge in [-0.15, -0.1) is 0 Å². The van der Waals surface area contributed by atoms with Crippen LogP contribution < -0.4 is 32.0 Å². The molecule has 1 aliphatic rings. The second-order valence-corrected chi connectivity index (χ2v) is 13.2. The highest BCUT2D eigenvalue weighted by molar-refractivity contribution is 5.50. The lowest BCUT2D eigenvalue weighted by Gasteiger charge is -2.37. The lowest BCUT2D eigenvalue weighted by Crippen LogP contribution is -2.38. The van der Waals surface area contributed by atoms with Gasteiger partial charge in [0.05, 0.1) is 32.6 Å². The molecule has 4 aromatic carbocycles. The van der Waals surface area contributed by atoms with Gasteiger partial charge in [0.25, 0.3) is 11.1 Å². The molecule has 3 heterocycles. The van der Waals surface area contributed by atoms with E-state index in [0.29, 0.717) is 28.3 Å². The molecule has 0 spiro atoms. The minimum Gasteiger partial charge on any atom is -0.497 e. The van der Waals surface area contributed by atoms with E-state index in [2.05, 4.69) is 21.8 Å². The average molecular weight is 755 g/mol. The quantitative estimate of drug-likeness (QED) is 0.140. The minimum atomic E-state index is -1.16. The van der Waals surface area contributed by atoms with E-state index in [1.54, 1.807) is 45.4 Å². The lowest BCUT2D eigenvalue weighted by molar-refractivity contribution is -0.0944.